The molecule has 0 saturated heterocycles. The van der Waals surface area contributed by atoms with Crippen molar-refractivity contribution in [3.63, 3.8) is 0 Å². The van der Waals surface area contributed by atoms with Gasteiger partial charge in [-0.2, -0.15) is 0 Å². The van der Waals surface area contributed by atoms with Crippen LogP contribution in [0.15, 0.2) is 0 Å². The Morgan fingerprint density at radius 1 is 1.05 bits per heavy atom. The van der Waals surface area contributed by atoms with Crippen LogP contribution < -0.4 is 0 Å². The summed E-state index contributed by atoms with van der Waals surface area (Å²) in [6.45, 7) is 14.2. The molecule has 0 rings (SSSR count). The van der Waals surface area contributed by atoms with E-state index in [-0.39, 0.29) is 6.04 Å². The summed E-state index contributed by atoms with van der Waals surface area (Å²) in [5, 5.41) is 9.43. The van der Waals surface area contributed by atoms with E-state index in [1.807, 2.05) is 0 Å². The van der Waals surface area contributed by atoms with Crippen molar-refractivity contribution >= 4 is 12.1 Å². The number of ether oxygens (including phenoxy) is 1. The van der Waals surface area contributed by atoms with Crippen LogP contribution in [0.5, 0.6) is 0 Å². The molecule has 5 heteroatoms. The molecule has 0 spiro atoms. The van der Waals surface area contributed by atoms with Crippen LogP contribution in [0.3, 0.4) is 0 Å². The van der Waals surface area contributed by atoms with Crippen molar-refractivity contribution in [3.8, 4) is 0 Å². The van der Waals surface area contributed by atoms with Gasteiger partial charge in [-0.3, -0.25) is 4.90 Å². The van der Waals surface area contributed by atoms with Gasteiger partial charge in [0.15, 0.2) is 0 Å². The molecule has 0 aliphatic heterocycles. The minimum Gasteiger partial charge on any atom is -0.480 e. The predicted molar refractivity (Wildman–Crippen MR) is 74.1 cm³/mol. The third-order valence-corrected chi connectivity index (χ3v) is 2.49. The van der Waals surface area contributed by atoms with Gasteiger partial charge in [-0.15, -0.1) is 0 Å². The lowest BCUT2D eigenvalue weighted by Gasteiger charge is -2.40. The molecule has 19 heavy (non-hydrogen) atoms. The normalized spacial score (nSPS) is 14.2. The van der Waals surface area contributed by atoms with Gasteiger partial charge >= 0.3 is 12.1 Å². The monoisotopic (exact) mass is 273 g/mol. The van der Waals surface area contributed by atoms with E-state index in [4.69, 9.17) is 4.74 Å². The Morgan fingerprint density at radius 2 is 1.47 bits per heavy atom. The summed E-state index contributed by atoms with van der Waals surface area (Å²) in [7, 11) is 0. The van der Waals surface area contributed by atoms with Crippen LogP contribution in [0.25, 0.3) is 0 Å². The number of carboxylic acids is 1. The maximum absolute atomic E-state index is 12.2. The van der Waals surface area contributed by atoms with E-state index >= 15 is 0 Å². The van der Waals surface area contributed by atoms with Crippen molar-refractivity contribution in [2.24, 2.45) is 5.41 Å². The molecule has 0 aromatic heterocycles. The van der Waals surface area contributed by atoms with Gasteiger partial charge in [-0.05, 0) is 40.0 Å². The fourth-order valence-corrected chi connectivity index (χ4v) is 1.84. The second-order valence-electron chi connectivity index (χ2n) is 7.09. The van der Waals surface area contributed by atoms with Gasteiger partial charge in [0.25, 0.3) is 0 Å². The molecule has 0 aromatic carbocycles. The molecular formula is C14H27NO4. The average molecular weight is 273 g/mol. The second-order valence-corrected chi connectivity index (χ2v) is 7.09. The lowest BCUT2D eigenvalue weighted by Crippen LogP contribution is -2.55. The number of carboxylic acid groups (broad SMARTS) is 1. The first kappa shape index (κ1) is 17.7. The topological polar surface area (TPSA) is 66.8 Å². The molecular weight excluding hydrogens is 246 g/mol. The Balaban J connectivity index is 5.41. The molecule has 0 bridgehead atoms. The lowest BCUT2D eigenvalue weighted by molar-refractivity contribution is -0.148. The van der Waals surface area contributed by atoms with Crippen molar-refractivity contribution in [1.29, 1.82) is 0 Å². The molecule has 112 valence electrons. The SMILES string of the molecule is CC(C)N(C(=O)OC(C)(C)C)C(C(=O)O)C(C)(C)C. The molecule has 0 fully saturated rings. The van der Waals surface area contributed by atoms with E-state index in [2.05, 4.69) is 0 Å². The summed E-state index contributed by atoms with van der Waals surface area (Å²) >= 11 is 0. The number of nitrogens with zero attached hydrogens (tertiary/aromatic N) is 1. The fourth-order valence-electron chi connectivity index (χ4n) is 1.84. The highest BCUT2D eigenvalue weighted by atomic mass is 16.6. The predicted octanol–water partition coefficient (Wildman–Crippen LogP) is 3.13. The van der Waals surface area contributed by atoms with Crippen LogP contribution in [-0.4, -0.2) is 39.8 Å². The minimum absolute atomic E-state index is 0.254. The Hall–Kier alpha value is -1.26. The molecule has 1 unspecified atom stereocenters. The zero-order chi connectivity index (χ0) is 15.6. The number of aliphatic carboxylic acids is 1. The summed E-state index contributed by atoms with van der Waals surface area (Å²) in [4.78, 5) is 25.0. The van der Waals surface area contributed by atoms with Crippen molar-refractivity contribution < 1.29 is 19.4 Å². The standard InChI is InChI=1S/C14H27NO4/c1-9(2)15(12(18)19-14(6,7)8)10(11(16)17)13(3,4)5/h9-10H,1-8H3,(H,16,17). The second kappa shape index (κ2) is 5.80. The van der Waals surface area contributed by atoms with Crippen molar-refractivity contribution in [2.75, 3.05) is 0 Å². The van der Waals surface area contributed by atoms with Gasteiger partial charge in [0.2, 0.25) is 0 Å². The van der Waals surface area contributed by atoms with Crippen molar-refractivity contribution in [2.45, 2.75) is 73.1 Å². The number of rotatable bonds is 3. The third kappa shape index (κ3) is 5.49. The first-order valence-corrected chi connectivity index (χ1v) is 6.51. The summed E-state index contributed by atoms with van der Waals surface area (Å²) in [5.74, 6) is -1.02. The molecule has 0 saturated carbocycles. The number of carbonyl (C=O) groups is 2. The lowest BCUT2D eigenvalue weighted by atomic mass is 9.85. The first-order chi connectivity index (χ1) is 8.27. The van der Waals surface area contributed by atoms with Crippen molar-refractivity contribution in [3.05, 3.63) is 0 Å². The molecule has 0 aliphatic carbocycles. The van der Waals surface area contributed by atoms with Crippen LogP contribution in [-0.2, 0) is 9.53 Å². The van der Waals surface area contributed by atoms with Gasteiger partial charge < -0.3 is 9.84 Å². The van der Waals surface area contributed by atoms with Gasteiger partial charge in [-0.1, -0.05) is 20.8 Å². The van der Waals surface area contributed by atoms with Gasteiger partial charge in [0, 0.05) is 6.04 Å². The molecule has 0 heterocycles. The zero-order valence-electron chi connectivity index (χ0n) is 13.3. The van der Waals surface area contributed by atoms with E-state index in [0.29, 0.717) is 0 Å². The smallest absolute Gasteiger partial charge is 0.411 e. The first-order valence-electron chi connectivity index (χ1n) is 6.51. The summed E-state index contributed by atoms with van der Waals surface area (Å²) in [5.41, 5.74) is -1.22. The fraction of sp³-hybridized carbons (Fsp3) is 0.857. The molecule has 1 atom stereocenters. The molecule has 0 aromatic rings. The highest BCUT2D eigenvalue weighted by Crippen LogP contribution is 2.28. The highest BCUT2D eigenvalue weighted by molar-refractivity contribution is 5.81. The molecule has 1 amide bonds. The molecule has 5 nitrogen and oxygen atoms in total. The summed E-state index contributed by atoms with van der Waals surface area (Å²) in [6, 6.07) is -1.18. The highest BCUT2D eigenvalue weighted by Gasteiger charge is 2.42. The van der Waals surface area contributed by atoms with Crippen LogP contribution >= 0.6 is 0 Å². The Bertz CT molecular complexity index is 336. The summed E-state index contributed by atoms with van der Waals surface area (Å²) in [6.07, 6.45) is -0.593. The Labute approximate surface area is 115 Å². The van der Waals surface area contributed by atoms with Crippen LogP contribution in [0.1, 0.15) is 55.4 Å². The summed E-state index contributed by atoms with van der Waals surface area (Å²) < 4.78 is 5.31. The maximum Gasteiger partial charge on any atom is 0.411 e. The van der Waals surface area contributed by atoms with Crippen molar-refractivity contribution in [1.82, 2.24) is 4.90 Å². The Morgan fingerprint density at radius 3 is 1.68 bits per heavy atom. The third-order valence-electron chi connectivity index (χ3n) is 2.49. The van der Waals surface area contributed by atoms with Gasteiger partial charge in [0.05, 0.1) is 0 Å². The largest absolute Gasteiger partial charge is 0.480 e. The number of hydrogen-bond donors (Lipinski definition) is 1. The van der Waals surface area contributed by atoms with E-state index in [1.54, 1.807) is 55.4 Å². The quantitative estimate of drug-likeness (QED) is 0.857. The van der Waals surface area contributed by atoms with E-state index < -0.39 is 29.1 Å². The molecule has 1 N–H and O–H groups in total. The molecule has 0 aliphatic rings. The average Bonchev–Trinajstić information content (AvgIpc) is 2.06. The van der Waals surface area contributed by atoms with Crippen LogP contribution in [0, 0.1) is 5.41 Å². The van der Waals surface area contributed by atoms with E-state index in [0.717, 1.165) is 0 Å². The van der Waals surface area contributed by atoms with E-state index in [9.17, 15) is 14.7 Å². The Kier molecular flexibility index (Phi) is 5.42. The van der Waals surface area contributed by atoms with Gasteiger partial charge in [0.1, 0.15) is 11.6 Å². The van der Waals surface area contributed by atoms with Crippen LogP contribution in [0.4, 0.5) is 4.79 Å². The zero-order valence-corrected chi connectivity index (χ0v) is 13.3. The number of hydrogen-bond acceptors (Lipinski definition) is 3. The number of amides is 1. The number of carbonyl (C=O) groups excluding carboxylic acids is 1. The maximum atomic E-state index is 12.2. The molecule has 0 radical (unpaired) electrons. The van der Waals surface area contributed by atoms with Crippen LogP contribution in [0.2, 0.25) is 0 Å². The van der Waals surface area contributed by atoms with E-state index in [1.165, 1.54) is 4.90 Å². The van der Waals surface area contributed by atoms with Gasteiger partial charge in [-0.25, -0.2) is 9.59 Å². The minimum atomic E-state index is -1.02.